The fraction of sp³-hybridized carbons (Fsp3) is 0.545. The topological polar surface area (TPSA) is 42.1 Å². The molecule has 0 amide bonds. The van der Waals surface area contributed by atoms with Gasteiger partial charge < -0.3 is 10.6 Å². The number of rotatable bonds is 3. The summed E-state index contributed by atoms with van der Waals surface area (Å²) in [5.41, 5.74) is 5.68. The monoisotopic (exact) mass is 227 g/mol. The lowest BCUT2D eigenvalue weighted by molar-refractivity contribution is 0.270. The molecule has 3 nitrogen and oxygen atoms in total. The van der Waals surface area contributed by atoms with Gasteiger partial charge in [-0.3, -0.25) is 0 Å². The molecule has 0 bridgehead atoms. The normalized spacial score (nSPS) is 24.0. The summed E-state index contributed by atoms with van der Waals surface area (Å²) < 4.78 is 26.0. The number of nitrogens with zero attached hydrogens (tertiary/aromatic N) is 2. The average molecular weight is 227 g/mol. The maximum absolute atomic E-state index is 13.4. The van der Waals surface area contributed by atoms with Gasteiger partial charge in [-0.15, -0.1) is 0 Å². The van der Waals surface area contributed by atoms with Crippen molar-refractivity contribution in [3.8, 4) is 0 Å². The van der Waals surface area contributed by atoms with Crippen molar-refractivity contribution in [1.29, 1.82) is 0 Å². The first-order valence-corrected chi connectivity index (χ1v) is 5.34. The van der Waals surface area contributed by atoms with E-state index >= 15 is 0 Å². The molecule has 0 aromatic carbocycles. The number of nitrogens with two attached hydrogens (primary N) is 1. The maximum Gasteiger partial charge on any atom is 0.168 e. The smallest absolute Gasteiger partial charge is 0.168 e. The van der Waals surface area contributed by atoms with Crippen LogP contribution in [-0.2, 0) is 0 Å². The summed E-state index contributed by atoms with van der Waals surface area (Å²) in [6.07, 6.45) is 2.96. The molecule has 0 spiro atoms. The van der Waals surface area contributed by atoms with Crippen LogP contribution in [0.2, 0.25) is 0 Å². The Morgan fingerprint density at radius 2 is 2.19 bits per heavy atom. The van der Waals surface area contributed by atoms with Crippen LogP contribution < -0.4 is 10.6 Å². The van der Waals surface area contributed by atoms with Crippen molar-refractivity contribution >= 4 is 5.82 Å². The lowest BCUT2D eigenvalue weighted by Gasteiger charge is -2.35. The molecule has 16 heavy (non-hydrogen) atoms. The second-order valence-electron chi connectivity index (χ2n) is 4.44. The van der Waals surface area contributed by atoms with Gasteiger partial charge in [-0.1, -0.05) is 0 Å². The molecule has 1 heterocycles. The molecular formula is C11H15F2N3. The average Bonchev–Trinajstić information content (AvgIpc) is 2.15. The first-order chi connectivity index (χ1) is 7.56. The maximum atomic E-state index is 13.4. The Hall–Kier alpha value is -1.23. The van der Waals surface area contributed by atoms with Crippen molar-refractivity contribution in [3.63, 3.8) is 0 Å². The van der Waals surface area contributed by atoms with Crippen molar-refractivity contribution in [2.24, 2.45) is 11.7 Å². The van der Waals surface area contributed by atoms with Crippen molar-refractivity contribution in [2.45, 2.75) is 18.9 Å². The van der Waals surface area contributed by atoms with Gasteiger partial charge >= 0.3 is 0 Å². The molecule has 0 saturated heterocycles. The van der Waals surface area contributed by atoms with Crippen LogP contribution in [-0.4, -0.2) is 24.6 Å². The van der Waals surface area contributed by atoms with Gasteiger partial charge in [-0.2, -0.15) is 0 Å². The standard InChI is InChI=1S/C11H15F2N3/c1-16(6-7-2-9(14)3-7)11-10(13)4-8(12)5-15-11/h4-5,7,9H,2-3,6,14H2,1H3. The number of halogens is 2. The Morgan fingerprint density at radius 1 is 1.50 bits per heavy atom. The largest absolute Gasteiger partial charge is 0.357 e. The number of pyridine rings is 1. The SMILES string of the molecule is CN(CC1CC(N)C1)c1ncc(F)cc1F. The molecule has 2 N–H and O–H groups in total. The molecule has 0 radical (unpaired) electrons. The predicted molar refractivity (Wildman–Crippen MR) is 58.1 cm³/mol. The number of hydrogen-bond donors (Lipinski definition) is 1. The van der Waals surface area contributed by atoms with E-state index < -0.39 is 11.6 Å². The third-order valence-electron chi connectivity index (χ3n) is 2.95. The van der Waals surface area contributed by atoms with Gasteiger partial charge in [0.25, 0.3) is 0 Å². The van der Waals surface area contributed by atoms with Crippen molar-refractivity contribution in [2.75, 3.05) is 18.5 Å². The first-order valence-electron chi connectivity index (χ1n) is 5.34. The third kappa shape index (κ3) is 2.29. The van der Waals surface area contributed by atoms with Gasteiger partial charge in [0.05, 0.1) is 6.20 Å². The first kappa shape index (κ1) is 11.3. The summed E-state index contributed by atoms with van der Waals surface area (Å²) in [5.74, 6) is -0.584. The van der Waals surface area contributed by atoms with Crippen molar-refractivity contribution < 1.29 is 8.78 Å². The minimum atomic E-state index is -0.652. The minimum Gasteiger partial charge on any atom is -0.357 e. The molecule has 1 aromatic rings. The fourth-order valence-electron chi connectivity index (χ4n) is 2.10. The molecule has 1 aliphatic carbocycles. The number of hydrogen-bond acceptors (Lipinski definition) is 3. The van der Waals surface area contributed by atoms with E-state index in [0.29, 0.717) is 12.5 Å². The second kappa shape index (κ2) is 4.33. The summed E-state index contributed by atoms with van der Waals surface area (Å²) in [4.78, 5) is 5.47. The highest BCUT2D eigenvalue weighted by Crippen LogP contribution is 2.27. The Balaban J connectivity index is 2.00. The molecule has 1 fully saturated rings. The molecule has 0 atom stereocenters. The van der Waals surface area contributed by atoms with E-state index in [0.717, 1.165) is 25.1 Å². The fourth-order valence-corrected chi connectivity index (χ4v) is 2.10. The summed E-state index contributed by atoms with van der Waals surface area (Å²) in [6, 6.07) is 1.13. The summed E-state index contributed by atoms with van der Waals surface area (Å²) in [5, 5.41) is 0. The van der Waals surface area contributed by atoms with Gasteiger partial charge in [-0.05, 0) is 18.8 Å². The number of anilines is 1. The Labute approximate surface area is 93.3 Å². The van der Waals surface area contributed by atoms with E-state index in [1.54, 1.807) is 11.9 Å². The summed E-state index contributed by atoms with van der Waals surface area (Å²) in [6.45, 7) is 0.712. The van der Waals surface area contributed by atoms with Crippen LogP contribution in [0.25, 0.3) is 0 Å². The highest BCUT2D eigenvalue weighted by Gasteiger charge is 2.27. The zero-order chi connectivity index (χ0) is 11.7. The van der Waals surface area contributed by atoms with Crippen LogP contribution in [0.15, 0.2) is 12.3 Å². The zero-order valence-electron chi connectivity index (χ0n) is 9.16. The van der Waals surface area contributed by atoms with Gasteiger partial charge in [0.2, 0.25) is 0 Å². The highest BCUT2D eigenvalue weighted by atomic mass is 19.1. The zero-order valence-corrected chi connectivity index (χ0v) is 9.16. The van der Waals surface area contributed by atoms with Gasteiger partial charge in [0, 0.05) is 25.7 Å². The molecule has 0 aliphatic heterocycles. The van der Waals surface area contributed by atoms with Crippen LogP contribution in [0.4, 0.5) is 14.6 Å². The minimum absolute atomic E-state index is 0.196. The lowest BCUT2D eigenvalue weighted by Crippen LogP contribution is -2.42. The Bertz CT molecular complexity index is 377. The third-order valence-corrected chi connectivity index (χ3v) is 2.95. The molecule has 2 rings (SSSR count). The molecule has 1 aromatic heterocycles. The van der Waals surface area contributed by atoms with Crippen LogP contribution in [0.5, 0.6) is 0 Å². The predicted octanol–water partition coefficient (Wildman–Crippen LogP) is 1.53. The van der Waals surface area contributed by atoms with E-state index in [-0.39, 0.29) is 11.9 Å². The van der Waals surface area contributed by atoms with Gasteiger partial charge in [0.15, 0.2) is 11.6 Å². The Morgan fingerprint density at radius 3 is 2.75 bits per heavy atom. The van der Waals surface area contributed by atoms with Crippen molar-refractivity contribution in [3.05, 3.63) is 23.9 Å². The molecule has 1 aliphatic rings. The van der Waals surface area contributed by atoms with Gasteiger partial charge in [-0.25, -0.2) is 13.8 Å². The summed E-state index contributed by atoms with van der Waals surface area (Å²) in [7, 11) is 1.76. The van der Waals surface area contributed by atoms with Crippen LogP contribution in [0.1, 0.15) is 12.8 Å². The molecule has 1 saturated carbocycles. The van der Waals surface area contributed by atoms with E-state index in [4.69, 9.17) is 5.73 Å². The molecule has 88 valence electrons. The Kier molecular flexibility index (Phi) is 3.05. The van der Waals surface area contributed by atoms with E-state index in [1.165, 1.54) is 0 Å². The molecular weight excluding hydrogens is 212 g/mol. The van der Waals surface area contributed by atoms with Crippen LogP contribution >= 0.6 is 0 Å². The van der Waals surface area contributed by atoms with E-state index in [9.17, 15) is 8.78 Å². The summed E-state index contributed by atoms with van der Waals surface area (Å²) >= 11 is 0. The van der Waals surface area contributed by atoms with Gasteiger partial charge in [0.1, 0.15) is 5.82 Å². The van der Waals surface area contributed by atoms with Crippen molar-refractivity contribution in [1.82, 2.24) is 4.98 Å². The lowest BCUT2D eigenvalue weighted by atomic mass is 9.80. The molecule has 5 heteroatoms. The van der Waals surface area contributed by atoms with E-state index in [2.05, 4.69) is 4.98 Å². The van der Waals surface area contributed by atoms with Crippen LogP contribution in [0, 0.1) is 17.6 Å². The van der Waals surface area contributed by atoms with Crippen LogP contribution in [0.3, 0.4) is 0 Å². The molecule has 0 unspecified atom stereocenters. The highest BCUT2D eigenvalue weighted by molar-refractivity contribution is 5.38. The van der Waals surface area contributed by atoms with E-state index in [1.807, 2.05) is 0 Å². The second-order valence-corrected chi connectivity index (χ2v) is 4.44. The number of aromatic nitrogens is 1. The quantitative estimate of drug-likeness (QED) is 0.851.